The molecule has 4 heteroatoms. The minimum absolute atomic E-state index is 0.115. The first kappa shape index (κ1) is 9.43. The van der Waals surface area contributed by atoms with E-state index in [0.29, 0.717) is 12.8 Å². The highest BCUT2D eigenvalue weighted by Crippen LogP contribution is 2.01. The molecule has 0 aliphatic rings. The minimum Gasteiger partial charge on any atom is -0.481 e. The van der Waals surface area contributed by atoms with Crippen LogP contribution in [-0.2, 0) is 9.59 Å². The van der Waals surface area contributed by atoms with Crippen molar-refractivity contribution in [1.82, 2.24) is 0 Å². The van der Waals surface area contributed by atoms with Crippen LogP contribution in [-0.4, -0.2) is 16.3 Å². The smallest absolute Gasteiger partial charge is 0.303 e. The molecule has 1 N–H and O–H groups in total. The molecule has 0 bridgehead atoms. The SMILES string of the molecule is O=C(O)CCCCC(=O)Cl. The summed E-state index contributed by atoms with van der Waals surface area (Å²) in [6.45, 7) is 0. The molecule has 3 nitrogen and oxygen atoms in total. The Morgan fingerprint density at radius 3 is 2.10 bits per heavy atom. The van der Waals surface area contributed by atoms with E-state index in [4.69, 9.17) is 16.7 Å². The third-order valence-electron chi connectivity index (χ3n) is 1.01. The number of aliphatic carboxylic acids is 1. The van der Waals surface area contributed by atoms with E-state index in [-0.39, 0.29) is 12.8 Å². The Morgan fingerprint density at radius 2 is 1.70 bits per heavy atom. The molecule has 58 valence electrons. The van der Waals surface area contributed by atoms with Crippen molar-refractivity contribution in [2.24, 2.45) is 0 Å². The summed E-state index contributed by atoms with van der Waals surface area (Å²) in [6.07, 6.45) is 1.47. The predicted octanol–water partition coefficient (Wildman–Crippen LogP) is 1.40. The number of carbonyl (C=O) groups excluding carboxylic acids is 1. The van der Waals surface area contributed by atoms with Gasteiger partial charge in [-0.05, 0) is 24.4 Å². The number of carbonyl (C=O) groups is 2. The van der Waals surface area contributed by atoms with Crippen LogP contribution in [0.3, 0.4) is 0 Å². The number of hydrogen-bond acceptors (Lipinski definition) is 2. The van der Waals surface area contributed by atoms with Gasteiger partial charge in [0.25, 0.3) is 0 Å². The highest BCUT2D eigenvalue weighted by atomic mass is 35.5. The second-order valence-corrected chi connectivity index (χ2v) is 2.38. The number of rotatable bonds is 5. The Morgan fingerprint density at radius 1 is 1.20 bits per heavy atom. The molecular weight excluding hydrogens is 156 g/mol. The second-order valence-electron chi connectivity index (χ2n) is 1.96. The van der Waals surface area contributed by atoms with Gasteiger partial charge in [-0.15, -0.1) is 0 Å². The summed E-state index contributed by atoms with van der Waals surface area (Å²) >= 11 is 5.01. The maximum atomic E-state index is 10.1. The molecule has 0 saturated heterocycles. The average Bonchev–Trinajstić information content (AvgIpc) is 1.79. The van der Waals surface area contributed by atoms with E-state index in [2.05, 4.69) is 0 Å². The normalized spacial score (nSPS) is 9.30. The van der Waals surface area contributed by atoms with Gasteiger partial charge in [0.05, 0.1) is 0 Å². The standard InChI is InChI=1S/C6H9ClO3/c7-5(8)3-1-2-4-6(9)10/h1-4H2,(H,9,10). The fraction of sp³-hybridized carbons (Fsp3) is 0.667. The maximum absolute atomic E-state index is 10.1. The van der Waals surface area contributed by atoms with Crippen molar-refractivity contribution in [3.8, 4) is 0 Å². The van der Waals surface area contributed by atoms with E-state index >= 15 is 0 Å². The lowest BCUT2D eigenvalue weighted by molar-refractivity contribution is -0.137. The molecule has 0 aliphatic carbocycles. The summed E-state index contributed by atoms with van der Waals surface area (Å²) in [5.41, 5.74) is 0. The van der Waals surface area contributed by atoms with Gasteiger partial charge in [-0.2, -0.15) is 0 Å². The third-order valence-corrected chi connectivity index (χ3v) is 1.20. The zero-order chi connectivity index (χ0) is 7.98. The molecule has 0 amide bonds. The van der Waals surface area contributed by atoms with Crippen LogP contribution in [0.25, 0.3) is 0 Å². The zero-order valence-corrected chi connectivity index (χ0v) is 6.23. The van der Waals surface area contributed by atoms with Gasteiger partial charge in [0.2, 0.25) is 5.24 Å². The molecule has 0 saturated carbocycles. The summed E-state index contributed by atoms with van der Waals surface area (Å²) in [6, 6.07) is 0. The highest BCUT2D eigenvalue weighted by molar-refractivity contribution is 6.63. The van der Waals surface area contributed by atoms with Gasteiger partial charge in [0.15, 0.2) is 0 Å². The first-order valence-electron chi connectivity index (χ1n) is 3.03. The molecule has 0 aromatic rings. The molecule has 0 rings (SSSR count). The number of carboxylic acids is 1. The van der Waals surface area contributed by atoms with Gasteiger partial charge in [0, 0.05) is 12.8 Å². The number of hydrogen-bond donors (Lipinski definition) is 1. The quantitative estimate of drug-likeness (QED) is 0.494. The van der Waals surface area contributed by atoms with E-state index < -0.39 is 11.2 Å². The van der Waals surface area contributed by atoms with Crippen molar-refractivity contribution in [2.75, 3.05) is 0 Å². The lowest BCUT2D eigenvalue weighted by atomic mass is 10.2. The monoisotopic (exact) mass is 164 g/mol. The van der Waals surface area contributed by atoms with Gasteiger partial charge in [-0.25, -0.2) is 0 Å². The molecule has 0 aromatic heterocycles. The van der Waals surface area contributed by atoms with E-state index in [1.54, 1.807) is 0 Å². The second kappa shape index (κ2) is 5.23. The molecule has 10 heavy (non-hydrogen) atoms. The van der Waals surface area contributed by atoms with Crippen LogP contribution in [0.1, 0.15) is 25.7 Å². The van der Waals surface area contributed by atoms with Crippen LogP contribution in [0.15, 0.2) is 0 Å². The molecular formula is C6H9ClO3. The predicted molar refractivity (Wildman–Crippen MR) is 37.0 cm³/mol. The van der Waals surface area contributed by atoms with Crippen molar-refractivity contribution in [1.29, 1.82) is 0 Å². The lowest BCUT2D eigenvalue weighted by Gasteiger charge is -1.91. The van der Waals surface area contributed by atoms with Crippen LogP contribution < -0.4 is 0 Å². The summed E-state index contributed by atoms with van der Waals surface area (Å²) in [5, 5.41) is 7.76. The van der Waals surface area contributed by atoms with Crippen molar-refractivity contribution in [2.45, 2.75) is 25.7 Å². The molecule has 0 aromatic carbocycles. The first-order valence-corrected chi connectivity index (χ1v) is 3.41. The summed E-state index contributed by atoms with van der Waals surface area (Å²) in [4.78, 5) is 20.0. The Balaban J connectivity index is 3.06. The Kier molecular flexibility index (Phi) is 4.94. The van der Waals surface area contributed by atoms with Gasteiger partial charge in [-0.1, -0.05) is 0 Å². The van der Waals surface area contributed by atoms with Crippen LogP contribution in [0.5, 0.6) is 0 Å². The van der Waals surface area contributed by atoms with Crippen molar-refractivity contribution in [3.63, 3.8) is 0 Å². The number of halogens is 1. The van der Waals surface area contributed by atoms with Crippen molar-refractivity contribution >= 4 is 22.8 Å². The molecule has 0 heterocycles. The summed E-state index contributed by atoms with van der Waals surface area (Å²) in [5.74, 6) is -0.831. The molecule has 0 radical (unpaired) electrons. The highest BCUT2D eigenvalue weighted by Gasteiger charge is 1.98. The third kappa shape index (κ3) is 7.43. The molecule has 0 fully saturated rings. The Hall–Kier alpha value is -0.570. The molecule has 0 aliphatic heterocycles. The van der Waals surface area contributed by atoms with Crippen LogP contribution >= 0.6 is 11.6 Å². The zero-order valence-electron chi connectivity index (χ0n) is 5.47. The fourth-order valence-electron chi connectivity index (χ4n) is 0.540. The van der Waals surface area contributed by atoms with E-state index in [0.717, 1.165) is 0 Å². The topological polar surface area (TPSA) is 54.4 Å². The van der Waals surface area contributed by atoms with E-state index in [1.807, 2.05) is 0 Å². The summed E-state index contributed by atoms with van der Waals surface area (Å²) < 4.78 is 0. The van der Waals surface area contributed by atoms with Crippen molar-refractivity contribution in [3.05, 3.63) is 0 Å². The maximum Gasteiger partial charge on any atom is 0.303 e. The summed E-state index contributed by atoms with van der Waals surface area (Å²) in [7, 11) is 0. The van der Waals surface area contributed by atoms with Crippen molar-refractivity contribution < 1.29 is 14.7 Å². The van der Waals surface area contributed by atoms with Gasteiger partial charge < -0.3 is 5.11 Å². The lowest BCUT2D eigenvalue weighted by Crippen LogP contribution is -1.94. The van der Waals surface area contributed by atoms with Crippen LogP contribution in [0, 0.1) is 0 Å². The molecule has 0 spiro atoms. The molecule has 0 atom stereocenters. The van der Waals surface area contributed by atoms with E-state index in [9.17, 15) is 9.59 Å². The Labute approximate surface area is 64.0 Å². The number of unbranched alkanes of at least 4 members (excludes halogenated alkanes) is 1. The van der Waals surface area contributed by atoms with Crippen LogP contribution in [0.4, 0.5) is 0 Å². The minimum atomic E-state index is -0.831. The first-order chi connectivity index (χ1) is 4.63. The average molecular weight is 165 g/mol. The van der Waals surface area contributed by atoms with Gasteiger partial charge in [0.1, 0.15) is 0 Å². The number of carboxylic acid groups (broad SMARTS) is 1. The van der Waals surface area contributed by atoms with Gasteiger partial charge in [-0.3, -0.25) is 9.59 Å². The Bertz CT molecular complexity index is 117. The molecule has 0 unspecified atom stereocenters. The van der Waals surface area contributed by atoms with Crippen LogP contribution in [0.2, 0.25) is 0 Å². The largest absolute Gasteiger partial charge is 0.481 e. The van der Waals surface area contributed by atoms with Gasteiger partial charge >= 0.3 is 5.97 Å². The van der Waals surface area contributed by atoms with E-state index in [1.165, 1.54) is 0 Å². The fourth-order valence-corrected chi connectivity index (χ4v) is 0.674.